The minimum Gasteiger partial charge on any atom is -0.449 e. The molecule has 7 aromatic carbocycles. The van der Waals surface area contributed by atoms with Crippen LogP contribution in [0.3, 0.4) is 0 Å². The lowest BCUT2D eigenvalue weighted by Gasteiger charge is -2.22. The molecule has 0 unspecified atom stereocenters. The van der Waals surface area contributed by atoms with Crippen LogP contribution in [-0.2, 0) is 0 Å². The van der Waals surface area contributed by atoms with E-state index in [0.29, 0.717) is 29.0 Å². The number of rotatable bonds is 5. The SMILES string of the molecule is c1ccc(-c2nc(-c3ccccc3)nc(-c3cccc(-c4cccc(-c5ccc6c(c5)Oc5c(ccc7ccccc57)O6)c4)c3)n2)cc1. The predicted molar refractivity (Wildman–Crippen MR) is 191 cm³/mol. The third kappa shape index (κ3) is 5.13. The van der Waals surface area contributed by atoms with Gasteiger partial charge in [-0.3, -0.25) is 0 Å². The van der Waals surface area contributed by atoms with Crippen LogP contribution in [-0.4, -0.2) is 15.0 Å². The van der Waals surface area contributed by atoms with E-state index in [1.54, 1.807) is 0 Å². The van der Waals surface area contributed by atoms with Crippen molar-refractivity contribution >= 4 is 10.8 Å². The summed E-state index contributed by atoms with van der Waals surface area (Å²) in [6.45, 7) is 0. The normalized spacial score (nSPS) is 11.7. The second-order valence-corrected chi connectivity index (χ2v) is 11.7. The Hall–Kier alpha value is -6.59. The Morgan fingerprint density at radius 2 is 0.812 bits per heavy atom. The smallest absolute Gasteiger partial charge is 0.177 e. The van der Waals surface area contributed by atoms with Crippen LogP contribution >= 0.6 is 0 Å². The van der Waals surface area contributed by atoms with E-state index in [1.165, 1.54) is 0 Å². The van der Waals surface area contributed by atoms with Crippen LogP contribution in [0, 0.1) is 0 Å². The molecule has 1 aliphatic heterocycles. The molecule has 0 fully saturated rings. The highest BCUT2D eigenvalue weighted by atomic mass is 16.6. The monoisotopic (exact) mass is 617 g/mol. The molecule has 0 saturated heterocycles. The number of fused-ring (bicyclic) bond motifs is 4. The van der Waals surface area contributed by atoms with Crippen molar-refractivity contribution in [2.24, 2.45) is 0 Å². The fourth-order valence-electron chi connectivity index (χ4n) is 6.14. The Labute approximate surface area is 277 Å². The van der Waals surface area contributed by atoms with Gasteiger partial charge in [0.15, 0.2) is 40.5 Å². The van der Waals surface area contributed by atoms with Gasteiger partial charge in [-0.25, -0.2) is 15.0 Å². The van der Waals surface area contributed by atoms with Crippen molar-refractivity contribution < 1.29 is 9.47 Å². The largest absolute Gasteiger partial charge is 0.449 e. The second kappa shape index (κ2) is 11.6. The van der Waals surface area contributed by atoms with Gasteiger partial charge in [0.1, 0.15) is 0 Å². The number of ether oxygens (including phenoxy) is 2. The van der Waals surface area contributed by atoms with Gasteiger partial charge in [-0.05, 0) is 58.0 Å². The molecular formula is C43H27N3O2. The summed E-state index contributed by atoms with van der Waals surface area (Å²) in [5.74, 6) is 4.77. The molecule has 5 nitrogen and oxygen atoms in total. The van der Waals surface area contributed by atoms with Crippen LogP contribution in [0.5, 0.6) is 23.0 Å². The minimum atomic E-state index is 0.625. The van der Waals surface area contributed by atoms with Crippen molar-refractivity contribution in [2.45, 2.75) is 0 Å². The average Bonchev–Trinajstić information content (AvgIpc) is 3.17. The zero-order valence-electron chi connectivity index (χ0n) is 25.7. The second-order valence-electron chi connectivity index (χ2n) is 11.7. The minimum absolute atomic E-state index is 0.625. The molecule has 226 valence electrons. The first-order valence-electron chi connectivity index (χ1n) is 15.8. The summed E-state index contributed by atoms with van der Waals surface area (Å²) in [4.78, 5) is 14.7. The summed E-state index contributed by atoms with van der Waals surface area (Å²) in [6, 6.07) is 55.3. The number of nitrogens with zero attached hydrogens (tertiary/aromatic N) is 3. The molecular weight excluding hydrogens is 590 g/mol. The summed E-state index contributed by atoms with van der Waals surface area (Å²) < 4.78 is 12.7. The van der Waals surface area contributed by atoms with Crippen LogP contribution < -0.4 is 9.47 Å². The van der Waals surface area contributed by atoms with E-state index in [1.807, 2.05) is 84.9 Å². The Kier molecular flexibility index (Phi) is 6.72. The van der Waals surface area contributed by atoms with E-state index >= 15 is 0 Å². The van der Waals surface area contributed by atoms with Crippen molar-refractivity contribution in [2.75, 3.05) is 0 Å². The molecule has 2 heterocycles. The first kappa shape index (κ1) is 27.7. The number of aromatic nitrogens is 3. The molecule has 0 spiro atoms. The maximum absolute atomic E-state index is 6.47. The Morgan fingerprint density at radius 3 is 1.48 bits per heavy atom. The molecule has 0 N–H and O–H groups in total. The van der Waals surface area contributed by atoms with Gasteiger partial charge in [-0.1, -0.05) is 133 Å². The average molecular weight is 618 g/mol. The van der Waals surface area contributed by atoms with Gasteiger partial charge in [0.25, 0.3) is 0 Å². The summed E-state index contributed by atoms with van der Waals surface area (Å²) in [5, 5.41) is 2.14. The standard InChI is InChI=1S/C43H27N3O2/c1-3-12-29(13-4-1)41-44-42(30-14-5-2-6-15-30)46-43(45-41)35-19-10-18-33(26-35)31-16-9-17-32(25-31)34-22-23-37-39(27-34)48-40-36-20-8-7-11-28(36)21-24-38(40)47-37/h1-27H. The third-order valence-corrected chi connectivity index (χ3v) is 8.57. The van der Waals surface area contributed by atoms with Crippen LogP contribution in [0.25, 0.3) is 67.2 Å². The molecule has 0 radical (unpaired) electrons. The number of hydrogen-bond acceptors (Lipinski definition) is 5. The molecule has 0 amide bonds. The molecule has 48 heavy (non-hydrogen) atoms. The zero-order valence-corrected chi connectivity index (χ0v) is 25.7. The quantitative estimate of drug-likeness (QED) is 0.192. The fraction of sp³-hybridized carbons (Fsp3) is 0. The molecule has 9 rings (SSSR count). The molecule has 1 aliphatic rings. The van der Waals surface area contributed by atoms with E-state index in [-0.39, 0.29) is 0 Å². The van der Waals surface area contributed by atoms with Crippen LogP contribution in [0.1, 0.15) is 0 Å². The van der Waals surface area contributed by atoms with Crippen molar-refractivity contribution in [1.29, 1.82) is 0 Å². The number of benzene rings is 7. The van der Waals surface area contributed by atoms with Crippen molar-refractivity contribution in [1.82, 2.24) is 15.0 Å². The summed E-state index contributed by atoms with van der Waals surface area (Å²) in [6.07, 6.45) is 0. The molecule has 0 aliphatic carbocycles. The molecule has 0 bridgehead atoms. The van der Waals surface area contributed by atoms with Gasteiger partial charge >= 0.3 is 0 Å². The molecule has 0 atom stereocenters. The van der Waals surface area contributed by atoms with Crippen LogP contribution in [0.2, 0.25) is 0 Å². The first-order valence-corrected chi connectivity index (χ1v) is 15.8. The van der Waals surface area contributed by atoms with Crippen LogP contribution in [0.4, 0.5) is 0 Å². The highest BCUT2D eigenvalue weighted by Gasteiger charge is 2.22. The van der Waals surface area contributed by atoms with Gasteiger partial charge in [-0.15, -0.1) is 0 Å². The van der Waals surface area contributed by atoms with Gasteiger partial charge in [0.2, 0.25) is 0 Å². The Balaban J connectivity index is 1.07. The molecule has 0 saturated carbocycles. The maximum atomic E-state index is 6.47. The molecule has 8 aromatic rings. The van der Waals surface area contributed by atoms with Crippen molar-refractivity contribution in [3.63, 3.8) is 0 Å². The highest BCUT2D eigenvalue weighted by Crippen LogP contribution is 2.49. The first-order chi connectivity index (χ1) is 23.7. The maximum Gasteiger partial charge on any atom is 0.177 e. The van der Waals surface area contributed by atoms with Crippen molar-refractivity contribution in [3.8, 4) is 79.4 Å². The topological polar surface area (TPSA) is 57.1 Å². The van der Waals surface area contributed by atoms with Crippen molar-refractivity contribution in [3.05, 3.63) is 164 Å². The van der Waals surface area contributed by atoms with E-state index in [4.69, 9.17) is 24.4 Å². The molecule has 5 heteroatoms. The lowest BCUT2D eigenvalue weighted by Crippen LogP contribution is -2.00. The van der Waals surface area contributed by atoms with Gasteiger partial charge in [-0.2, -0.15) is 0 Å². The predicted octanol–water partition coefficient (Wildman–Crippen LogP) is 11.3. The fourth-order valence-corrected chi connectivity index (χ4v) is 6.14. The Bertz CT molecular complexity index is 2400. The van der Waals surface area contributed by atoms with Gasteiger partial charge in [0.05, 0.1) is 0 Å². The van der Waals surface area contributed by atoms with Gasteiger partial charge in [0, 0.05) is 22.1 Å². The lowest BCUT2D eigenvalue weighted by atomic mass is 9.97. The van der Waals surface area contributed by atoms with Gasteiger partial charge < -0.3 is 9.47 Å². The third-order valence-electron chi connectivity index (χ3n) is 8.57. The highest BCUT2D eigenvalue weighted by molar-refractivity contribution is 5.92. The molecule has 1 aromatic heterocycles. The van der Waals surface area contributed by atoms with E-state index in [2.05, 4.69) is 78.9 Å². The summed E-state index contributed by atoms with van der Waals surface area (Å²) >= 11 is 0. The van der Waals surface area contributed by atoms with E-state index in [9.17, 15) is 0 Å². The zero-order chi connectivity index (χ0) is 31.9. The number of hydrogen-bond donors (Lipinski definition) is 0. The summed E-state index contributed by atoms with van der Waals surface area (Å²) in [5.41, 5.74) is 7.07. The van der Waals surface area contributed by atoms with Crippen LogP contribution in [0.15, 0.2) is 164 Å². The van der Waals surface area contributed by atoms with E-state index in [0.717, 1.165) is 61.2 Å². The van der Waals surface area contributed by atoms with E-state index < -0.39 is 0 Å². The Morgan fingerprint density at radius 1 is 0.312 bits per heavy atom. The summed E-state index contributed by atoms with van der Waals surface area (Å²) in [7, 11) is 0. The lowest BCUT2D eigenvalue weighted by molar-refractivity contribution is 0.363.